The molecule has 21 heavy (non-hydrogen) atoms. The normalized spacial score (nSPS) is 11.9. The summed E-state index contributed by atoms with van der Waals surface area (Å²) in [4.78, 5) is 12.2. The van der Waals surface area contributed by atoms with Gasteiger partial charge >= 0.3 is 0 Å². The Hall–Kier alpha value is -2.53. The van der Waals surface area contributed by atoms with E-state index in [1.54, 1.807) is 6.07 Å². The van der Waals surface area contributed by atoms with E-state index in [2.05, 4.69) is 10.6 Å². The molecular formula is C16H18N2O3. The molecule has 0 spiro atoms. The fraction of sp³-hybridized carbons (Fsp3) is 0.188. The highest BCUT2D eigenvalue weighted by molar-refractivity contribution is 6.08. The number of aromatic hydroxyl groups is 2. The first kappa shape index (κ1) is 14.9. The van der Waals surface area contributed by atoms with Gasteiger partial charge in [-0.15, -0.1) is 0 Å². The van der Waals surface area contributed by atoms with Gasteiger partial charge in [-0.3, -0.25) is 4.79 Å². The Morgan fingerprint density at radius 2 is 1.71 bits per heavy atom. The van der Waals surface area contributed by atoms with Gasteiger partial charge in [-0.2, -0.15) is 0 Å². The standard InChI is InChI=1S/C16H18N2O3/c1-10(17-2)11-5-3-6-12(9-11)18-16(21)15-13(19)7-4-8-14(15)20/h3-10,17,19-20H,1-2H3,(H,18,21). The molecule has 0 saturated carbocycles. The van der Waals surface area contributed by atoms with Crippen molar-refractivity contribution in [2.45, 2.75) is 13.0 Å². The first-order chi connectivity index (χ1) is 10.0. The zero-order chi connectivity index (χ0) is 15.4. The zero-order valence-corrected chi connectivity index (χ0v) is 11.9. The summed E-state index contributed by atoms with van der Waals surface area (Å²) in [7, 11) is 1.86. The number of carbonyl (C=O) groups excluding carboxylic acids is 1. The van der Waals surface area contributed by atoms with Crippen molar-refractivity contribution in [3.63, 3.8) is 0 Å². The average Bonchev–Trinajstić information content (AvgIpc) is 2.46. The van der Waals surface area contributed by atoms with Crippen molar-refractivity contribution in [3.05, 3.63) is 53.6 Å². The van der Waals surface area contributed by atoms with E-state index in [4.69, 9.17) is 0 Å². The molecule has 0 fully saturated rings. The summed E-state index contributed by atoms with van der Waals surface area (Å²) >= 11 is 0. The Morgan fingerprint density at radius 1 is 1.10 bits per heavy atom. The smallest absolute Gasteiger partial charge is 0.263 e. The van der Waals surface area contributed by atoms with Crippen molar-refractivity contribution >= 4 is 11.6 Å². The average molecular weight is 286 g/mol. The van der Waals surface area contributed by atoms with Crippen LogP contribution in [0.5, 0.6) is 11.5 Å². The SMILES string of the molecule is CNC(C)c1cccc(NC(=O)c2c(O)cccc2O)c1. The molecular weight excluding hydrogens is 268 g/mol. The second-order valence-corrected chi connectivity index (χ2v) is 4.76. The van der Waals surface area contributed by atoms with E-state index < -0.39 is 5.91 Å². The second-order valence-electron chi connectivity index (χ2n) is 4.76. The fourth-order valence-electron chi connectivity index (χ4n) is 2.01. The summed E-state index contributed by atoms with van der Waals surface area (Å²) in [5.41, 5.74) is 1.49. The van der Waals surface area contributed by atoms with E-state index in [9.17, 15) is 15.0 Å². The summed E-state index contributed by atoms with van der Waals surface area (Å²) in [5, 5.41) is 25.2. The molecule has 5 nitrogen and oxygen atoms in total. The van der Waals surface area contributed by atoms with Crippen molar-refractivity contribution < 1.29 is 15.0 Å². The number of amides is 1. The first-order valence-electron chi connectivity index (χ1n) is 6.62. The van der Waals surface area contributed by atoms with Crippen LogP contribution in [-0.4, -0.2) is 23.2 Å². The molecule has 110 valence electrons. The Balaban J connectivity index is 2.24. The summed E-state index contributed by atoms with van der Waals surface area (Å²) < 4.78 is 0. The molecule has 0 aliphatic rings. The Kier molecular flexibility index (Phi) is 4.45. The van der Waals surface area contributed by atoms with Gasteiger partial charge in [0.25, 0.3) is 5.91 Å². The van der Waals surface area contributed by atoms with Gasteiger partial charge in [0.1, 0.15) is 17.1 Å². The minimum atomic E-state index is -0.556. The van der Waals surface area contributed by atoms with E-state index >= 15 is 0 Å². The zero-order valence-electron chi connectivity index (χ0n) is 11.9. The lowest BCUT2D eigenvalue weighted by Gasteiger charge is -2.13. The second kappa shape index (κ2) is 6.28. The van der Waals surface area contributed by atoms with Crippen molar-refractivity contribution in [2.24, 2.45) is 0 Å². The van der Waals surface area contributed by atoms with Crippen LogP contribution in [0.3, 0.4) is 0 Å². The maximum Gasteiger partial charge on any atom is 0.263 e. The van der Waals surface area contributed by atoms with Crippen LogP contribution in [0.25, 0.3) is 0 Å². The third kappa shape index (κ3) is 3.32. The molecule has 2 aromatic carbocycles. The molecule has 1 unspecified atom stereocenters. The molecule has 0 heterocycles. The quantitative estimate of drug-likeness (QED) is 0.696. The van der Waals surface area contributed by atoms with Gasteiger partial charge in [0.15, 0.2) is 0 Å². The van der Waals surface area contributed by atoms with Crippen molar-refractivity contribution in [3.8, 4) is 11.5 Å². The molecule has 5 heteroatoms. The van der Waals surface area contributed by atoms with Crippen molar-refractivity contribution in [1.82, 2.24) is 5.32 Å². The number of phenolic OH excluding ortho intramolecular Hbond substituents is 2. The number of benzene rings is 2. The monoisotopic (exact) mass is 286 g/mol. The van der Waals surface area contributed by atoms with Gasteiger partial charge < -0.3 is 20.8 Å². The number of rotatable bonds is 4. The lowest BCUT2D eigenvalue weighted by Crippen LogP contribution is -2.15. The predicted molar refractivity (Wildman–Crippen MR) is 81.6 cm³/mol. The van der Waals surface area contributed by atoms with E-state index in [1.165, 1.54) is 18.2 Å². The molecule has 1 amide bonds. The van der Waals surface area contributed by atoms with Crippen LogP contribution in [0.2, 0.25) is 0 Å². The number of anilines is 1. The maximum atomic E-state index is 12.2. The third-order valence-corrected chi connectivity index (χ3v) is 3.33. The largest absolute Gasteiger partial charge is 0.507 e. The molecule has 0 radical (unpaired) electrons. The van der Waals surface area contributed by atoms with Gasteiger partial charge in [-0.05, 0) is 43.8 Å². The van der Waals surface area contributed by atoms with E-state index in [0.717, 1.165) is 5.56 Å². The minimum absolute atomic E-state index is 0.135. The molecule has 0 bridgehead atoms. The number of hydrogen-bond acceptors (Lipinski definition) is 4. The molecule has 4 N–H and O–H groups in total. The first-order valence-corrected chi connectivity index (χ1v) is 6.62. The Bertz CT molecular complexity index is 635. The van der Waals surface area contributed by atoms with Crippen LogP contribution in [0.15, 0.2) is 42.5 Å². The lowest BCUT2D eigenvalue weighted by molar-refractivity contribution is 0.102. The van der Waals surface area contributed by atoms with Gasteiger partial charge in [0.05, 0.1) is 0 Å². The van der Waals surface area contributed by atoms with Crippen LogP contribution in [0.4, 0.5) is 5.69 Å². The minimum Gasteiger partial charge on any atom is -0.507 e. The van der Waals surface area contributed by atoms with Gasteiger partial charge in [0.2, 0.25) is 0 Å². The highest BCUT2D eigenvalue weighted by Gasteiger charge is 2.16. The molecule has 0 aromatic heterocycles. The highest BCUT2D eigenvalue weighted by Crippen LogP contribution is 2.27. The number of carbonyl (C=O) groups is 1. The number of phenols is 2. The molecule has 2 rings (SSSR count). The van der Waals surface area contributed by atoms with Crippen molar-refractivity contribution in [2.75, 3.05) is 12.4 Å². The van der Waals surface area contributed by atoms with Crippen molar-refractivity contribution in [1.29, 1.82) is 0 Å². The molecule has 0 aliphatic heterocycles. The van der Waals surface area contributed by atoms with Crippen LogP contribution < -0.4 is 10.6 Å². The van der Waals surface area contributed by atoms with Gasteiger partial charge in [0, 0.05) is 11.7 Å². The van der Waals surface area contributed by atoms with E-state index in [-0.39, 0.29) is 23.1 Å². The number of hydrogen-bond donors (Lipinski definition) is 4. The lowest BCUT2D eigenvalue weighted by atomic mass is 10.1. The highest BCUT2D eigenvalue weighted by atomic mass is 16.3. The fourth-order valence-corrected chi connectivity index (χ4v) is 2.01. The Labute approximate surface area is 123 Å². The number of nitrogens with one attached hydrogen (secondary N) is 2. The Morgan fingerprint density at radius 3 is 2.33 bits per heavy atom. The summed E-state index contributed by atoms with van der Waals surface area (Å²) in [6.45, 7) is 2.01. The van der Waals surface area contributed by atoms with Crippen LogP contribution >= 0.6 is 0 Å². The van der Waals surface area contributed by atoms with Crippen LogP contribution in [-0.2, 0) is 0 Å². The van der Waals surface area contributed by atoms with Gasteiger partial charge in [-0.1, -0.05) is 18.2 Å². The third-order valence-electron chi connectivity index (χ3n) is 3.33. The van der Waals surface area contributed by atoms with Crippen LogP contribution in [0.1, 0.15) is 28.9 Å². The molecule has 0 saturated heterocycles. The van der Waals surface area contributed by atoms with Gasteiger partial charge in [-0.25, -0.2) is 0 Å². The molecule has 1 atom stereocenters. The molecule has 0 aliphatic carbocycles. The summed E-state index contributed by atoms with van der Waals surface area (Å²) in [6.07, 6.45) is 0. The predicted octanol–water partition coefficient (Wildman–Crippen LogP) is 2.63. The van der Waals surface area contributed by atoms with Crippen LogP contribution in [0, 0.1) is 0 Å². The summed E-state index contributed by atoms with van der Waals surface area (Å²) in [5.74, 6) is -1.07. The van der Waals surface area contributed by atoms with E-state index in [1.807, 2.05) is 32.2 Å². The summed E-state index contributed by atoms with van der Waals surface area (Å²) in [6, 6.07) is 11.7. The maximum absolute atomic E-state index is 12.2. The molecule has 2 aromatic rings. The van der Waals surface area contributed by atoms with E-state index in [0.29, 0.717) is 5.69 Å². The topological polar surface area (TPSA) is 81.6 Å².